The predicted octanol–water partition coefficient (Wildman–Crippen LogP) is -0.147. The van der Waals surface area contributed by atoms with E-state index in [1.807, 2.05) is 0 Å². The van der Waals surface area contributed by atoms with Crippen molar-refractivity contribution in [1.29, 1.82) is 0 Å². The first-order chi connectivity index (χ1) is 5.99. The Hall–Kier alpha value is -0.710. The number of carbonyl (C=O) groups excluding carboxylic acids is 2. The lowest BCUT2D eigenvalue weighted by atomic mass is 10.4. The summed E-state index contributed by atoms with van der Waals surface area (Å²) in [7, 11) is 4.95. The highest BCUT2D eigenvalue weighted by Crippen LogP contribution is 1.93. The summed E-state index contributed by atoms with van der Waals surface area (Å²) in [5.74, 6) is 0.388. The molecule has 0 spiro atoms. The molecule has 13 heavy (non-hydrogen) atoms. The van der Waals surface area contributed by atoms with Gasteiger partial charge >= 0.3 is 0 Å². The largest absolute Gasteiger partial charge is 0.347 e. The summed E-state index contributed by atoms with van der Waals surface area (Å²) in [5, 5.41) is 0. The van der Waals surface area contributed by atoms with E-state index in [2.05, 4.69) is 12.6 Å². The monoisotopic (exact) mass is 204 g/mol. The first-order valence-corrected chi connectivity index (χ1v) is 4.67. The van der Waals surface area contributed by atoms with Crippen LogP contribution in [0.25, 0.3) is 0 Å². The molecule has 0 N–H and O–H groups in total. The summed E-state index contributed by atoms with van der Waals surface area (Å²) in [5.41, 5.74) is 0. The fraction of sp³-hybridized carbons (Fsp3) is 0.750. The van der Waals surface area contributed by atoms with Crippen molar-refractivity contribution in [3.63, 3.8) is 0 Å². The van der Waals surface area contributed by atoms with E-state index in [1.165, 1.54) is 9.80 Å². The maximum Gasteiger partial charge on any atom is 0.241 e. The zero-order valence-corrected chi connectivity index (χ0v) is 9.17. The standard InChI is InChI=1S/C8H16N2O2S/c1-9(2)8(12)6-10(3)7(11)4-5-13/h13H,4-6H2,1-3H3. The minimum atomic E-state index is -0.0741. The number of likely N-dealkylation sites (N-methyl/N-ethyl adjacent to an activating group) is 2. The second kappa shape index (κ2) is 5.85. The highest BCUT2D eigenvalue weighted by Gasteiger charge is 2.12. The fourth-order valence-electron chi connectivity index (χ4n) is 0.719. The Morgan fingerprint density at radius 3 is 2.08 bits per heavy atom. The highest BCUT2D eigenvalue weighted by atomic mass is 32.1. The van der Waals surface area contributed by atoms with Crippen LogP contribution in [0.1, 0.15) is 6.42 Å². The Kier molecular flexibility index (Phi) is 5.53. The van der Waals surface area contributed by atoms with Crippen molar-refractivity contribution in [1.82, 2.24) is 9.80 Å². The van der Waals surface area contributed by atoms with Gasteiger partial charge in [0.1, 0.15) is 0 Å². The summed E-state index contributed by atoms with van der Waals surface area (Å²) in [6.07, 6.45) is 0.375. The van der Waals surface area contributed by atoms with Gasteiger partial charge in [-0.05, 0) is 5.75 Å². The van der Waals surface area contributed by atoms with Gasteiger partial charge in [0.25, 0.3) is 0 Å². The van der Waals surface area contributed by atoms with E-state index in [9.17, 15) is 9.59 Å². The third-order valence-corrected chi connectivity index (χ3v) is 1.85. The van der Waals surface area contributed by atoms with Crippen LogP contribution in [0.2, 0.25) is 0 Å². The van der Waals surface area contributed by atoms with E-state index >= 15 is 0 Å². The molecule has 0 aromatic heterocycles. The van der Waals surface area contributed by atoms with Crippen molar-refractivity contribution in [2.75, 3.05) is 33.4 Å². The van der Waals surface area contributed by atoms with Crippen LogP contribution in [0.3, 0.4) is 0 Å². The smallest absolute Gasteiger partial charge is 0.241 e. The Bertz CT molecular complexity index is 195. The molecule has 76 valence electrons. The average molecular weight is 204 g/mol. The van der Waals surface area contributed by atoms with E-state index in [0.717, 1.165) is 0 Å². The van der Waals surface area contributed by atoms with Crippen molar-refractivity contribution in [3.05, 3.63) is 0 Å². The molecule has 2 amide bonds. The van der Waals surface area contributed by atoms with Crippen molar-refractivity contribution in [3.8, 4) is 0 Å². The molecule has 0 aromatic rings. The third kappa shape index (κ3) is 4.77. The maximum absolute atomic E-state index is 11.2. The van der Waals surface area contributed by atoms with Gasteiger partial charge in [-0.15, -0.1) is 0 Å². The molecule has 0 heterocycles. The quantitative estimate of drug-likeness (QED) is 0.647. The summed E-state index contributed by atoms with van der Waals surface area (Å²) in [6.45, 7) is 0.139. The number of hydrogen-bond donors (Lipinski definition) is 1. The number of thiol groups is 1. The Morgan fingerprint density at radius 2 is 1.69 bits per heavy atom. The van der Waals surface area contributed by atoms with Crippen LogP contribution in [-0.4, -0.2) is 55.1 Å². The van der Waals surface area contributed by atoms with Gasteiger partial charge < -0.3 is 9.80 Å². The minimum Gasteiger partial charge on any atom is -0.347 e. The predicted molar refractivity (Wildman–Crippen MR) is 54.8 cm³/mol. The number of carbonyl (C=O) groups is 2. The zero-order valence-electron chi connectivity index (χ0n) is 8.28. The Balaban J connectivity index is 3.92. The van der Waals surface area contributed by atoms with Gasteiger partial charge in [0.2, 0.25) is 11.8 Å². The van der Waals surface area contributed by atoms with Gasteiger partial charge in [-0.25, -0.2) is 0 Å². The van der Waals surface area contributed by atoms with Crippen LogP contribution in [0.5, 0.6) is 0 Å². The van der Waals surface area contributed by atoms with E-state index < -0.39 is 0 Å². The fourth-order valence-corrected chi connectivity index (χ4v) is 0.910. The second-order valence-corrected chi connectivity index (χ2v) is 3.46. The summed E-state index contributed by atoms with van der Waals surface area (Å²) in [6, 6.07) is 0. The summed E-state index contributed by atoms with van der Waals surface area (Å²) < 4.78 is 0. The summed E-state index contributed by atoms with van der Waals surface area (Å²) >= 11 is 3.94. The van der Waals surface area contributed by atoms with Crippen molar-refractivity contribution in [2.45, 2.75) is 6.42 Å². The van der Waals surface area contributed by atoms with E-state index in [4.69, 9.17) is 0 Å². The number of nitrogens with zero attached hydrogens (tertiary/aromatic N) is 2. The first-order valence-electron chi connectivity index (χ1n) is 4.04. The number of hydrogen-bond acceptors (Lipinski definition) is 3. The van der Waals surface area contributed by atoms with Crippen molar-refractivity contribution >= 4 is 24.4 Å². The van der Waals surface area contributed by atoms with Gasteiger partial charge in [0.15, 0.2) is 0 Å². The number of rotatable bonds is 4. The van der Waals surface area contributed by atoms with Gasteiger partial charge in [0.05, 0.1) is 6.54 Å². The minimum absolute atomic E-state index is 0.0507. The molecule has 0 saturated heterocycles. The normalized spacial score (nSPS) is 9.54. The lowest BCUT2D eigenvalue weighted by Gasteiger charge is -2.18. The molecule has 0 aliphatic rings. The van der Waals surface area contributed by atoms with E-state index in [-0.39, 0.29) is 18.4 Å². The number of amides is 2. The molecule has 0 atom stereocenters. The molecule has 0 aliphatic heterocycles. The van der Waals surface area contributed by atoms with Crippen LogP contribution in [0.15, 0.2) is 0 Å². The Labute approximate surface area is 84.3 Å². The first kappa shape index (κ1) is 12.3. The van der Waals surface area contributed by atoms with Crippen molar-refractivity contribution < 1.29 is 9.59 Å². The van der Waals surface area contributed by atoms with Crippen LogP contribution in [-0.2, 0) is 9.59 Å². The van der Waals surface area contributed by atoms with Gasteiger partial charge in [0, 0.05) is 27.6 Å². The molecule has 0 unspecified atom stereocenters. The molecular formula is C8H16N2O2S. The lowest BCUT2D eigenvalue weighted by molar-refractivity contribution is -0.137. The molecule has 0 aliphatic carbocycles. The molecule has 0 saturated carbocycles. The molecule has 0 fully saturated rings. The van der Waals surface area contributed by atoms with Gasteiger partial charge in [-0.3, -0.25) is 9.59 Å². The topological polar surface area (TPSA) is 40.6 Å². The molecule has 0 bridgehead atoms. The molecule has 0 rings (SSSR count). The van der Waals surface area contributed by atoms with Crippen LogP contribution in [0.4, 0.5) is 0 Å². The SMILES string of the molecule is CN(C)C(=O)CN(C)C(=O)CCS. The molecule has 4 nitrogen and oxygen atoms in total. The highest BCUT2D eigenvalue weighted by molar-refractivity contribution is 7.80. The van der Waals surface area contributed by atoms with Crippen molar-refractivity contribution in [2.24, 2.45) is 0 Å². The molecule has 5 heteroatoms. The van der Waals surface area contributed by atoms with E-state index in [1.54, 1.807) is 21.1 Å². The molecule has 0 radical (unpaired) electrons. The van der Waals surface area contributed by atoms with Gasteiger partial charge in [-0.2, -0.15) is 12.6 Å². The third-order valence-electron chi connectivity index (χ3n) is 1.62. The Morgan fingerprint density at radius 1 is 1.15 bits per heavy atom. The molecular weight excluding hydrogens is 188 g/mol. The average Bonchev–Trinajstić information content (AvgIpc) is 2.04. The van der Waals surface area contributed by atoms with Crippen LogP contribution < -0.4 is 0 Å². The lowest BCUT2D eigenvalue weighted by Crippen LogP contribution is -2.37. The van der Waals surface area contributed by atoms with Gasteiger partial charge in [-0.1, -0.05) is 0 Å². The van der Waals surface area contributed by atoms with Crippen LogP contribution >= 0.6 is 12.6 Å². The second-order valence-electron chi connectivity index (χ2n) is 3.01. The maximum atomic E-state index is 11.2. The van der Waals surface area contributed by atoms with E-state index in [0.29, 0.717) is 12.2 Å². The summed E-state index contributed by atoms with van der Waals surface area (Å²) in [4.78, 5) is 25.3. The van der Waals surface area contributed by atoms with Crippen LogP contribution in [0, 0.1) is 0 Å². The zero-order chi connectivity index (χ0) is 10.4. The molecule has 0 aromatic carbocycles.